The van der Waals surface area contributed by atoms with Gasteiger partial charge in [-0.1, -0.05) is 54.6 Å². The summed E-state index contributed by atoms with van der Waals surface area (Å²) in [6.07, 6.45) is 4.56. The predicted molar refractivity (Wildman–Crippen MR) is 136 cm³/mol. The van der Waals surface area contributed by atoms with Crippen LogP contribution < -0.4 is 5.32 Å². The van der Waals surface area contributed by atoms with E-state index in [0.29, 0.717) is 50.3 Å². The van der Waals surface area contributed by atoms with E-state index in [9.17, 15) is 19.5 Å². The first-order valence-electron chi connectivity index (χ1n) is 12.3. The van der Waals surface area contributed by atoms with E-state index >= 15 is 0 Å². The van der Waals surface area contributed by atoms with Crippen molar-refractivity contribution in [3.8, 4) is 0 Å². The topological polar surface area (TPSA) is 117 Å². The molecule has 6 rings (SSSR count). The van der Waals surface area contributed by atoms with Gasteiger partial charge in [-0.3, -0.25) is 9.59 Å². The number of carboxylic acid groups (broad SMARTS) is 1. The minimum atomic E-state index is -1.14. The smallest absolute Gasteiger partial charge is 0.341 e. The number of hydrogen-bond donors (Lipinski definition) is 2. The number of hydrogen-bond acceptors (Lipinski definition) is 6. The van der Waals surface area contributed by atoms with Crippen LogP contribution >= 0.6 is 0 Å². The van der Waals surface area contributed by atoms with Crippen molar-refractivity contribution in [1.29, 1.82) is 0 Å². The number of rotatable bonds is 5. The molecule has 9 heteroatoms. The average molecular weight is 496 g/mol. The van der Waals surface area contributed by atoms with E-state index in [-0.39, 0.29) is 28.3 Å². The predicted octanol–water partition coefficient (Wildman–Crippen LogP) is 3.80. The number of fused-ring (bicyclic) bond motifs is 3. The average Bonchev–Trinajstić information content (AvgIpc) is 3.48. The summed E-state index contributed by atoms with van der Waals surface area (Å²) >= 11 is 0. The molecule has 1 saturated heterocycles. The van der Waals surface area contributed by atoms with E-state index in [2.05, 4.69) is 15.4 Å². The number of nitrogens with one attached hydrogen (secondary N) is 1. The molecule has 1 spiro atoms. The molecule has 1 aliphatic carbocycles. The molecule has 1 aliphatic heterocycles. The Morgan fingerprint density at radius 1 is 0.973 bits per heavy atom. The summed E-state index contributed by atoms with van der Waals surface area (Å²) in [7, 11) is 0. The highest BCUT2D eigenvalue weighted by atomic mass is 16.4. The van der Waals surface area contributed by atoms with E-state index in [1.54, 1.807) is 4.90 Å². The number of carbonyl (C=O) groups is 3. The summed E-state index contributed by atoms with van der Waals surface area (Å²) in [5.74, 6) is -0.772. The molecule has 2 N–H and O–H groups in total. The molecule has 0 atom stereocenters. The Labute approximate surface area is 212 Å². The van der Waals surface area contributed by atoms with Crippen LogP contribution in [0.1, 0.15) is 61.5 Å². The number of Topliss-reactive ketones (excluding diaryl/α,β-unsaturated/α-hetero) is 1. The van der Waals surface area contributed by atoms with Crippen molar-refractivity contribution in [3.05, 3.63) is 94.8 Å². The first-order valence-corrected chi connectivity index (χ1v) is 12.3. The van der Waals surface area contributed by atoms with E-state index in [4.69, 9.17) is 0 Å². The normalized spacial score (nSPS) is 16.2. The van der Waals surface area contributed by atoms with Crippen molar-refractivity contribution in [2.24, 2.45) is 0 Å². The second-order valence-electron chi connectivity index (χ2n) is 9.68. The highest BCUT2D eigenvalue weighted by molar-refractivity contribution is 6.03. The number of aromatic nitrogens is 3. The zero-order valence-corrected chi connectivity index (χ0v) is 20.1. The first kappa shape index (κ1) is 22.9. The van der Waals surface area contributed by atoms with Gasteiger partial charge in [-0.25, -0.2) is 9.78 Å². The van der Waals surface area contributed by atoms with Gasteiger partial charge in [-0.15, -0.1) is 0 Å². The maximum Gasteiger partial charge on any atom is 0.341 e. The van der Waals surface area contributed by atoms with Crippen molar-refractivity contribution in [2.45, 2.75) is 31.2 Å². The molecule has 4 aromatic rings. The maximum absolute atomic E-state index is 13.8. The summed E-state index contributed by atoms with van der Waals surface area (Å²) in [6, 6.07) is 17.5. The van der Waals surface area contributed by atoms with Gasteiger partial charge in [0, 0.05) is 43.2 Å². The van der Waals surface area contributed by atoms with Crippen LogP contribution in [0.2, 0.25) is 0 Å². The molecule has 3 heterocycles. The molecular formula is C28H25N5O4. The molecule has 1 fully saturated rings. The standard InChI is InChI=1S/C28H25N5O4/c34-23-14-28(22-9-5-4-8-19(22)23)10-12-32(13-11-28)26(35)20-16-30-25-21(27(36)37)17-31-33(25)24(20)29-15-18-6-2-1-3-7-18/h1-9,16-17,29H,10-15H2,(H,36,37). The maximum atomic E-state index is 13.8. The summed E-state index contributed by atoms with van der Waals surface area (Å²) in [4.78, 5) is 44.1. The summed E-state index contributed by atoms with van der Waals surface area (Å²) in [5.41, 5.74) is 3.13. The highest BCUT2D eigenvalue weighted by Gasteiger charge is 2.45. The third kappa shape index (κ3) is 3.83. The summed E-state index contributed by atoms with van der Waals surface area (Å²) in [5, 5.41) is 17.1. The molecule has 186 valence electrons. The van der Waals surface area contributed by atoms with Crippen molar-refractivity contribution in [2.75, 3.05) is 18.4 Å². The van der Waals surface area contributed by atoms with E-state index in [0.717, 1.165) is 16.7 Å². The lowest BCUT2D eigenvalue weighted by Gasteiger charge is -2.39. The zero-order valence-electron chi connectivity index (χ0n) is 20.1. The largest absolute Gasteiger partial charge is 0.477 e. The van der Waals surface area contributed by atoms with Gasteiger partial charge in [-0.05, 0) is 24.0 Å². The molecule has 2 aromatic heterocycles. The Bertz CT molecular complexity index is 1540. The number of aromatic carboxylic acids is 1. The Kier molecular flexibility index (Phi) is 5.48. The lowest BCUT2D eigenvalue weighted by atomic mass is 9.73. The number of benzene rings is 2. The van der Waals surface area contributed by atoms with Gasteiger partial charge in [0.25, 0.3) is 5.91 Å². The molecule has 2 aromatic carbocycles. The van der Waals surface area contributed by atoms with Gasteiger partial charge in [0.1, 0.15) is 16.9 Å². The lowest BCUT2D eigenvalue weighted by molar-refractivity contribution is 0.0659. The van der Waals surface area contributed by atoms with Gasteiger partial charge in [0.15, 0.2) is 11.4 Å². The zero-order chi connectivity index (χ0) is 25.6. The van der Waals surface area contributed by atoms with Gasteiger partial charge >= 0.3 is 5.97 Å². The van der Waals surface area contributed by atoms with Crippen LogP contribution in [0.25, 0.3) is 5.65 Å². The van der Waals surface area contributed by atoms with Crippen molar-refractivity contribution in [1.82, 2.24) is 19.5 Å². The van der Waals surface area contributed by atoms with E-state index in [1.165, 1.54) is 16.9 Å². The molecule has 0 saturated carbocycles. The third-order valence-corrected chi connectivity index (χ3v) is 7.60. The second-order valence-corrected chi connectivity index (χ2v) is 9.68. The molecular weight excluding hydrogens is 470 g/mol. The van der Waals surface area contributed by atoms with Crippen molar-refractivity contribution >= 4 is 29.1 Å². The molecule has 0 radical (unpaired) electrons. The minimum Gasteiger partial charge on any atom is -0.477 e. The van der Waals surface area contributed by atoms with Gasteiger partial charge in [0.05, 0.1) is 6.20 Å². The number of piperidine rings is 1. The fourth-order valence-electron chi connectivity index (χ4n) is 5.63. The Hall–Kier alpha value is -4.53. The molecule has 1 amide bonds. The van der Waals surface area contributed by atoms with Crippen LogP contribution in [0, 0.1) is 0 Å². The van der Waals surface area contributed by atoms with Crippen LogP contribution in [0.4, 0.5) is 5.82 Å². The number of ketones is 1. The van der Waals surface area contributed by atoms with Gasteiger partial charge < -0.3 is 15.3 Å². The van der Waals surface area contributed by atoms with Gasteiger partial charge in [0.2, 0.25) is 0 Å². The summed E-state index contributed by atoms with van der Waals surface area (Å²) in [6.45, 7) is 1.44. The van der Waals surface area contributed by atoms with Crippen LogP contribution in [0.15, 0.2) is 67.0 Å². The first-order chi connectivity index (χ1) is 18.0. The minimum absolute atomic E-state index is 0.0359. The molecule has 9 nitrogen and oxygen atoms in total. The number of carbonyl (C=O) groups excluding carboxylic acids is 2. The summed E-state index contributed by atoms with van der Waals surface area (Å²) < 4.78 is 1.39. The fraction of sp³-hybridized carbons (Fsp3) is 0.250. The van der Waals surface area contributed by atoms with Crippen LogP contribution in [-0.2, 0) is 12.0 Å². The SMILES string of the molecule is O=C1CC2(CCN(C(=O)c3cnc4c(C(=O)O)cnn4c3NCc3ccccc3)CC2)c2ccccc21. The van der Waals surface area contributed by atoms with Crippen LogP contribution in [0.5, 0.6) is 0 Å². The monoisotopic (exact) mass is 495 g/mol. The van der Waals surface area contributed by atoms with Crippen LogP contribution in [0.3, 0.4) is 0 Å². The molecule has 0 unspecified atom stereocenters. The number of likely N-dealkylation sites (tertiary alicyclic amines) is 1. The number of anilines is 1. The number of amides is 1. The fourth-order valence-corrected chi connectivity index (χ4v) is 5.63. The Morgan fingerprint density at radius 3 is 2.46 bits per heavy atom. The molecule has 2 aliphatic rings. The van der Waals surface area contributed by atoms with Crippen molar-refractivity contribution in [3.63, 3.8) is 0 Å². The number of nitrogens with zero attached hydrogens (tertiary/aromatic N) is 4. The molecule has 37 heavy (non-hydrogen) atoms. The highest BCUT2D eigenvalue weighted by Crippen LogP contribution is 2.46. The van der Waals surface area contributed by atoms with Gasteiger partial charge in [-0.2, -0.15) is 9.61 Å². The van der Waals surface area contributed by atoms with E-state index < -0.39 is 5.97 Å². The number of carboxylic acids is 1. The quantitative estimate of drug-likeness (QED) is 0.433. The molecule has 0 bridgehead atoms. The lowest BCUT2D eigenvalue weighted by Crippen LogP contribution is -2.44. The van der Waals surface area contributed by atoms with Crippen LogP contribution in [-0.4, -0.2) is 55.4 Å². The third-order valence-electron chi connectivity index (χ3n) is 7.60. The second kappa shape index (κ2) is 8.85. The Morgan fingerprint density at radius 2 is 1.70 bits per heavy atom. The van der Waals surface area contributed by atoms with Crippen molar-refractivity contribution < 1.29 is 19.5 Å². The Balaban J connectivity index is 1.30. The van der Waals surface area contributed by atoms with E-state index in [1.807, 2.05) is 54.6 Å².